The van der Waals surface area contributed by atoms with Crippen LogP contribution < -0.4 is 4.90 Å². The van der Waals surface area contributed by atoms with Crippen LogP contribution in [0.2, 0.25) is 0 Å². The van der Waals surface area contributed by atoms with Gasteiger partial charge in [-0.2, -0.15) is 0 Å². The van der Waals surface area contributed by atoms with Gasteiger partial charge in [0.25, 0.3) is 0 Å². The quantitative estimate of drug-likeness (QED) is 0.716. The molecule has 1 saturated heterocycles. The molecule has 1 fully saturated rings. The zero-order valence-corrected chi connectivity index (χ0v) is 17.2. The average Bonchev–Trinajstić information content (AvgIpc) is 3.17. The highest BCUT2D eigenvalue weighted by Gasteiger charge is 2.38. The summed E-state index contributed by atoms with van der Waals surface area (Å²) in [5.41, 5.74) is 3.32. The Kier molecular flexibility index (Phi) is 5.84. The topological polar surface area (TPSA) is 66.9 Å². The van der Waals surface area contributed by atoms with Gasteiger partial charge in [-0.15, -0.1) is 0 Å². The number of methoxy groups -OCH3 is 1. The predicted octanol–water partition coefficient (Wildman–Crippen LogP) is 2.84. The highest BCUT2D eigenvalue weighted by Crippen LogP contribution is 2.33. The highest BCUT2D eigenvalue weighted by molar-refractivity contribution is 6.02. The number of hydrogen-bond donors (Lipinski definition) is 0. The maximum Gasteiger partial charge on any atom is 0.338 e. The van der Waals surface area contributed by atoms with E-state index in [4.69, 9.17) is 4.74 Å². The Bertz CT molecular complexity index is 957. The van der Waals surface area contributed by atoms with Gasteiger partial charge in [-0.3, -0.25) is 9.59 Å². The number of rotatable bonds is 5. The summed E-state index contributed by atoms with van der Waals surface area (Å²) in [7, 11) is 1.36. The van der Waals surface area contributed by atoms with Crippen molar-refractivity contribution in [3.63, 3.8) is 0 Å². The van der Waals surface area contributed by atoms with Crippen molar-refractivity contribution >= 4 is 23.5 Å². The number of ether oxygens (including phenoxy) is 1. The van der Waals surface area contributed by atoms with Gasteiger partial charge in [-0.1, -0.05) is 36.4 Å². The summed E-state index contributed by atoms with van der Waals surface area (Å²) in [6.07, 6.45) is 2.54. The van der Waals surface area contributed by atoms with Gasteiger partial charge in [0.15, 0.2) is 0 Å². The fourth-order valence-corrected chi connectivity index (χ4v) is 4.44. The summed E-state index contributed by atoms with van der Waals surface area (Å²) < 4.78 is 4.90. The molecule has 2 amide bonds. The monoisotopic (exact) mass is 406 g/mol. The van der Waals surface area contributed by atoms with Crippen LogP contribution in [0.25, 0.3) is 0 Å². The molecule has 30 heavy (non-hydrogen) atoms. The first-order valence-electron chi connectivity index (χ1n) is 10.4. The van der Waals surface area contributed by atoms with Crippen molar-refractivity contribution in [1.82, 2.24) is 4.90 Å². The number of fused-ring (bicyclic) bond motifs is 1. The number of nitrogens with zero attached hydrogens (tertiary/aromatic N) is 2. The first kappa shape index (κ1) is 20.1. The molecule has 2 aromatic rings. The number of likely N-dealkylation sites (tertiary alicyclic amines) is 1. The molecule has 2 heterocycles. The number of anilines is 1. The van der Waals surface area contributed by atoms with E-state index in [1.165, 1.54) is 12.7 Å². The third-order valence-electron chi connectivity index (χ3n) is 6.00. The summed E-state index contributed by atoms with van der Waals surface area (Å²) in [5.74, 6) is -0.733. The van der Waals surface area contributed by atoms with Crippen LogP contribution in [0.4, 0.5) is 5.69 Å². The normalized spacial score (nSPS) is 18.3. The van der Waals surface area contributed by atoms with Crippen LogP contribution in [-0.2, 0) is 27.2 Å². The number of esters is 1. The van der Waals surface area contributed by atoms with E-state index >= 15 is 0 Å². The van der Waals surface area contributed by atoms with Gasteiger partial charge in [-0.25, -0.2) is 4.79 Å². The minimum Gasteiger partial charge on any atom is -0.465 e. The summed E-state index contributed by atoms with van der Waals surface area (Å²) in [5, 5.41) is 0. The van der Waals surface area contributed by atoms with Crippen molar-refractivity contribution < 1.29 is 19.1 Å². The molecule has 0 spiro atoms. The number of amides is 2. The summed E-state index contributed by atoms with van der Waals surface area (Å²) in [6.45, 7) is 1.67. The molecule has 0 saturated carbocycles. The third-order valence-corrected chi connectivity index (χ3v) is 6.00. The van der Waals surface area contributed by atoms with Gasteiger partial charge in [-0.05, 0) is 42.5 Å². The van der Waals surface area contributed by atoms with E-state index in [9.17, 15) is 14.4 Å². The van der Waals surface area contributed by atoms with E-state index in [0.717, 1.165) is 30.5 Å². The molecule has 6 heteroatoms. The lowest BCUT2D eigenvalue weighted by atomic mass is 9.94. The Hall–Kier alpha value is -3.15. The molecule has 0 radical (unpaired) electrons. The highest BCUT2D eigenvalue weighted by atomic mass is 16.5. The van der Waals surface area contributed by atoms with Crippen LogP contribution in [0.5, 0.6) is 0 Å². The average molecular weight is 406 g/mol. The van der Waals surface area contributed by atoms with Gasteiger partial charge in [0.05, 0.1) is 18.6 Å². The second kappa shape index (κ2) is 8.69. The molecule has 2 aromatic carbocycles. The molecule has 156 valence electrons. The minimum absolute atomic E-state index is 0.0322. The summed E-state index contributed by atoms with van der Waals surface area (Å²) in [6, 6.07) is 15.4. The number of carbonyl (C=O) groups is 3. The predicted molar refractivity (Wildman–Crippen MR) is 113 cm³/mol. The number of hydrogen-bond acceptors (Lipinski definition) is 4. The molecule has 0 aliphatic carbocycles. The molecular weight excluding hydrogens is 380 g/mol. The Balaban J connectivity index is 1.47. The maximum absolute atomic E-state index is 13.3. The molecule has 4 rings (SSSR count). The summed E-state index contributed by atoms with van der Waals surface area (Å²) >= 11 is 0. The van der Waals surface area contributed by atoms with Crippen LogP contribution in [0.3, 0.4) is 0 Å². The van der Waals surface area contributed by atoms with E-state index in [-0.39, 0.29) is 30.1 Å². The second-order valence-electron chi connectivity index (χ2n) is 7.86. The number of carbonyl (C=O) groups excluding carboxylic acids is 3. The lowest BCUT2D eigenvalue weighted by molar-refractivity contribution is -0.128. The largest absolute Gasteiger partial charge is 0.465 e. The maximum atomic E-state index is 13.3. The second-order valence-corrected chi connectivity index (χ2v) is 7.86. The molecule has 2 aliphatic rings. The van der Waals surface area contributed by atoms with Crippen molar-refractivity contribution in [2.75, 3.05) is 31.6 Å². The lowest BCUT2D eigenvalue weighted by Gasteiger charge is -2.32. The van der Waals surface area contributed by atoms with E-state index in [1.807, 2.05) is 36.4 Å². The van der Waals surface area contributed by atoms with Crippen LogP contribution in [-0.4, -0.2) is 49.4 Å². The van der Waals surface area contributed by atoms with Crippen molar-refractivity contribution in [1.29, 1.82) is 0 Å². The van der Waals surface area contributed by atoms with Crippen molar-refractivity contribution in [3.8, 4) is 0 Å². The molecule has 1 atom stereocenters. The van der Waals surface area contributed by atoms with E-state index < -0.39 is 0 Å². The summed E-state index contributed by atoms with van der Waals surface area (Å²) in [4.78, 5) is 41.5. The van der Waals surface area contributed by atoms with Gasteiger partial charge in [0.1, 0.15) is 0 Å². The van der Waals surface area contributed by atoms with E-state index in [1.54, 1.807) is 21.9 Å². The molecule has 0 N–H and O–H groups in total. The fraction of sp³-hybridized carbons (Fsp3) is 0.375. The standard InChI is InChI=1S/C24H26N2O4/c1-30-24(29)20-9-5-11-21-19(20)10-6-13-26(21)23(28)18-15-22(27)25(16-18)14-12-17-7-3-2-4-8-17/h2-5,7-9,11,18H,6,10,12-16H2,1H3/t18-/m0/s1. The van der Waals surface area contributed by atoms with Gasteiger partial charge in [0, 0.05) is 31.7 Å². The molecule has 6 nitrogen and oxygen atoms in total. The number of benzene rings is 2. The SMILES string of the molecule is COC(=O)c1cccc2c1CCCN2C(=O)[C@H]1CC(=O)N(CCc2ccccc2)C1. The van der Waals surface area contributed by atoms with Crippen LogP contribution in [0.15, 0.2) is 48.5 Å². The lowest BCUT2D eigenvalue weighted by Crippen LogP contribution is -2.41. The molecule has 0 aromatic heterocycles. The van der Waals surface area contributed by atoms with Gasteiger partial charge in [0.2, 0.25) is 11.8 Å². The van der Waals surface area contributed by atoms with Gasteiger partial charge < -0.3 is 14.5 Å². The van der Waals surface area contributed by atoms with Crippen LogP contribution >= 0.6 is 0 Å². The van der Waals surface area contributed by atoms with Crippen molar-refractivity contribution in [3.05, 3.63) is 65.2 Å². The van der Waals surface area contributed by atoms with E-state index in [2.05, 4.69) is 0 Å². The van der Waals surface area contributed by atoms with Gasteiger partial charge >= 0.3 is 5.97 Å². The smallest absolute Gasteiger partial charge is 0.338 e. The Morgan fingerprint density at radius 2 is 1.90 bits per heavy atom. The first-order valence-corrected chi connectivity index (χ1v) is 10.4. The molecule has 2 aliphatic heterocycles. The Morgan fingerprint density at radius 1 is 1.10 bits per heavy atom. The van der Waals surface area contributed by atoms with Crippen molar-refractivity contribution in [2.45, 2.75) is 25.7 Å². The zero-order chi connectivity index (χ0) is 21.1. The van der Waals surface area contributed by atoms with E-state index in [0.29, 0.717) is 25.2 Å². The van der Waals surface area contributed by atoms with Crippen molar-refractivity contribution in [2.24, 2.45) is 5.92 Å². The molecule has 0 unspecified atom stereocenters. The van der Waals surface area contributed by atoms with Crippen LogP contribution in [0.1, 0.15) is 34.3 Å². The minimum atomic E-state index is -0.385. The molecular formula is C24H26N2O4. The third kappa shape index (κ3) is 3.95. The first-order chi connectivity index (χ1) is 14.6. The zero-order valence-electron chi connectivity index (χ0n) is 17.2. The molecule has 0 bridgehead atoms. The fourth-order valence-electron chi connectivity index (χ4n) is 4.44. The Morgan fingerprint density at radius 3 is 2.67 bits per heavy atom. The Labute approximate surface area is 176 Å². The van der Waals surface area contributed by atoms with Crippen LogP contribution in [0, 0.1) is 5.92 Å².